The third-order valence-electron chi connectivity index (χ3n) is 3.16. The van der Waals surface area contributed by atoms with Gasteiger partial charge < -0.3 is 5.11 Å². The van der Waals surface area contributed by atoms with Crippen LogP contribution in [0.25, 0.3) is 0 Å². The molecule has 0 amide bonds. The van der Waals surface area contributed by atoms with Gasteiger partial charge in [-0.15, -0.1) is 0 Å². The summed E-state index contributed by atoms with van der Waals surface area (Å²) in [6, 6.07) is 4.66. The van der Waals surface area contributed by atoms with Gasteiger partial charge in [-0.2, -0.15) is 11.8 Å². The molecule has 2 nitrogen and oxygen atoms in total. The van der Waals surface area contributed by atoms with Gasteiger partial charge in [-0.3, -0.25) is 4.79 Å². The zero-order valence-electron chi connectivity index (χ0n) is 9.79. The average Bonchev–Trinajstić information content (AvgIpc) is 3.00. The molecule has 0 saturated heterocycles. The summed E-state index contributed by atoms with van der Waals surface area (Å²) in [6.07, 6.45) is 2.16. The van der Waals surface area contributed by atoms with Crippen molar-refractivity contribution in [3.8, 4) is 0 Å². The van der Waals surface area contributed by atoms with Gasteiger partial charge in [0, 0.05) is 10.8 Å². The molecule has 18 heavy (non-hydrogen) atoms. The Labute approximate surface area is 115 Å². The monoisotopic (exact) mass is 288 g/mol. The van der Waals surface area contributed by atoms with Gasteiger partial charge in [0.1, 0.15) is 5.82 Å². The van der Waals surface area contributed by atoms with E-state index in [4.69, 9.17) is 16.7 Å². The predicted octanol–water partition coefficient (Wildman–Crippen LogP) is 3.97. The predicted molar refractivity (Wildman–Crippen MR) is 71.5 cm³/mol. The standard InChI is InChI=1S/C13H14ClFO2S/c14-10-2-1-9(11(15)5-10)7-18-8-13(3-4-13)6-12(16)17/h1-2,5H,3-4,6-8H2,(H,16,17). The highest BCUT2D eigenvalue weighted by Crippen LogP contribution is 2.51. The van der Waals surface area contributed by atoms with E-state index in [1.54, 1.807) is 23.9 Å². The first-order valence-corrected chi connectivity index (χ1v) is 7.28. The zero-order chi connectivity index (χ0) is 13.2. The summed E-state index contributed by atoms with van der Waals surface area (Å²) in [5.74, 6) is 0.301. The van der Waals surface area contributed by atoms with E-state index in [1.807, 2.05) is 0 Å². The van der Waals surface area contributed by atoms with E-state index in [1.165, 1.54) is 6.07 Å². The second kappa shape index (κ2) is 5.49. The molecular weight excluding hydrogens is 275 g/mol. The Morgan fingerprint density at radius 3 is 2.78 bits per heavy atom. The normalized spacial score (nSPS) is 16.6. The maximum absolute atomic E-state index is 13.5. The van der Waals surface area contributed by atoms with Crippen molar-refractivity contribution in [2.75, 3.05) is 5.75 Å². The van der Waals surface area contributed by atoms with Crippen molar-refractivity contribution < 1.29 is 14.3 Å². The molecule has 0 radical (unpaired) electrons. The third-order valence-corrected chi connectivity index (χ3v) is 4.73. The van der Waals surface area contributed by atoms with Crippen molar-refractivity contribution >= 4 is 29.3 Å². The molecule has 2 rings (SSSR count). The van der Waals surface area contributed by atoms with Gasteiger partial charge >= 0.3 is 5.97 Å². The van der Waals surface area contributed by atoms with E-state index in [9.17, 15) is 9.18 Å². The third kappa shape index (κ3) is 3.62. The molecule has 98 valence electrons. The second-order valence-corrected chi connectivity index (χ2v) is 6.22. The molecule has 0 aliphatic heterocycles. The van der Waals surface area contributed by atoms with Crippen LogP contribution in [-0.4, -0.2) is 16.8 Å². The summed E-state index contributed by atoms with van der Waals surface area (Å²) < 4.78 is 13.5. The lowest BCUT2D eigenvalue weighted by atomic mass is 10.1. The van der Waals surface area contributed by atoms with Crippen molar-refractivity contribution in [2.45, 2.75) is 25.0 Å². The van der Waals surface area contributed by atoms with Crippen LogP contribution >= 0.6 is 23.4 Å². The van der Waals surface area contributed by atoms with Crippen LogP contribution in [0.5, 0.6) is 0 Å². The van der Waals surface area contributed by atoms with E-state index < -0.39 is 5.97 Å². The number of benzene rings is 1. The number of hydrogen-bond acceptors (Lipinski definition) is 2. The first-order valence-electron chi connectivity index (χ1n) is 5.74. The average molecular weight is 289 g/mol. The van der Waals surface area contributed by atoms with Crippen molar-refractivity contribution in [1.82, 2.24) is 0 Å². The van der Waals surface area contributed by atoms with Crippen LogP contribution in [0.1, 0.15) is 24.8 Å². The van der Waals surface area contributed by atoms with Crippen LogP contribution < -0.4 is 0 Å². The Balaban J connectivity index is 1.83. The smallest absolute Gasteiger partial charge is 0.303 e. The van der Waals surface area contributed by atoms with Gasteiger partial charge in [-0.25, -0.2) is 4.39 Å². The zero-order valence-corrected chi connectivity index (χ0v) is 11.4. The molecule has 1 aliphatic rings. The van der Waals surface area contributed by atoms with Gasteiger partial charge in [0.05, 0.1) is 6.42 Å². The van der Waals surface area contributed by atoms with Crippen LogP contribution in [0.3, 0.4) is 0 Å². The summed E-state index contributed by atoms with van der Waals surface area (Å²) in [7, 11) is 0. The van der Waals surface area contributed by atoms with Crippen molar-refractivity contribution in [3.05, 3.63) is 34.6 Å². The fourth-order valence-corrected chi connectivity index (χ4v) is 3.42. The van der Waals surface area contributed by atoms with Crippen molar-refractivity contribution in [1.29, 1.82) is 0 Å². The molecule has 0 heterocycles. The van der Waals surface area contributed by atoms with Crippen LogP contribution in [0.2, 0.25) is 5.02 Å². The number of rotatable bonds is 6. The molecular formula is C13H14ClFO2S. The lowest BCUT2D eigenvalue weighted by Crippen LogP contribution is -2.11. The van der Waals surface area contributed by atoms with Crippen LogP contribution in [0.15, 0.2) is 18.2 Å². The Kier molecular flexibility index (Phi) is 4.17. The van der Waals surface area contributed by atoms with Gasteiger partial charge in [0.2, 0.25) is 0 Å². The van der Waals surface area contributed by atoms with Gasteiger partial charge in [-0.1, -0.05) is 17.7 Å². The Morgan fingerprint density at radius 2 is 2.22 bits per heavy atom. The first-order chi connectivity index (χ1) is 8.51. The molecule has 1 aromatic rings. The molecule has 1 saturated carbocycles. The second-order valence-electron chi connectivity index (χ2n) is 4.80. The van der Waals surface area contributed by atoms with E-state index in [-0.39, 0.29) is 17.7 Å². The van der Waals surface area contributed by atoms with E-state index in [2.05, 4.69) is 0 Å². The van der Waals surface area contributed by atoms with Gasteiger partial charge in [-0.05, 0) is 41.7 Å². The van der Waals surface area contributed by atoms with Crippen molar-refractivity contribution in [2.24, 2.45) is 5.41 Å². The molecule has 5 heteroatoms. The number of halogens is 2. The molecule has 1 N–H and O–H groups in total. The molecule has 0 atom stereocenters. The van der Waals surface area contributed by atoms with Crippen LogP contribution in [-0.2, 0) is 10.5 Å². The maximum atomic E-state index is 13.5. The number of aliphatic carboxylic acids is 1. The molecule has 0 bridgehead atoms. The molecule has 1 aromatic carbocycles. The Bertz CT molecular complexity index is 460. The maximum Gasteiger partial charge on any atom is 0.303 e. The van der Waals surface area contributed by atoms with Crippen LogP contribution in [0, 0.1) is 11.2 Å². The molecule has 0 spiro atoms. The number of carbonyl (C=O) groups is 1. The van der Waals surface area contributed by atoms with Gasteiger partial charge in [0.25, 0.3) is 0 Å². The number of hydrogen-bond donors (Lipinski definition) is 1. The summed E-state index contributed by atoms with van der Waals surface area (Å²) in [5, 5.41) is 9.19. The largest absolute Gasteiger partial charge is 0.481 e. The van der Waals surface area contributed by atoms with E-state index in [0.29, 0.717) is 16.3 Å². The minimum atomic E-state index is -0.745. The first kappa shape index (κ1) is 13.7. The number of carboxylic acid groups (broad SMARTS) is 1. The van der Waals surface area contributed by atoms with Crippen LogP contribution in [0.4, 0.5) is 4.39 Å². The summed E-state index contributed by atoms with van der Waals surface area (Å²) in [6.45, 7) is 0. The highest BCUT2D eigenvalue weighted by Gasteiger charge is 2.44. The van der Waals surface area contributed by atoms with E-state index in [0.717, 1.165) is 18.6 Å². The minimum Gasteiger partial charge on any atom is -0.481 e. The Morgan fingerprint density at radius 1 is 1.50 bits per heavy atom. The number of thioether (sulfide) groups is 1. The number of carboxylic acids is 1. The molecule has 0 unspecified atom stereocenters. The molecule has 1 fully saturated rings. The van der Waals surface area contributed by atoms with Gasteiger partial charge in [0.15, 0.2) is 0 Å². The fraction of sp³-hybridized carbons (Fsp3) is 0.462. The fourth-order valence-electron chi connectivity index (χ4n) is 1.89. The SMILES string of the molecule is O=C(O)CC1(CSCc2ccc(Cl)cc2F)CC1. The van der Waals surface area contributed by atoms with E-state index >= 15 is 0 Å². The minimum absolute atomic E-state index is 0.0423. The van der Waals surface area contributed by atoms with Crippen molar-refractivity contribution in [3.63, 3.8) is 0 Å². The highest BCUT2D eigenvalue weighted by molar-refractivity contribution is 7.98. The molecule has 0 aromatic heterocycles. The summed E-state index contributed by atoms with van der Waals surface area (Å²) in [4.78, 5) is 10.7. The lowest BCUT2D eigenvalue weighted by Gasteiger charge is -2.12. The topological polar surface area (TPSA) is 37.3 Å². The quantitative estimate of drug-likeness (QED) is 0.861. The lowest BCUT2D eigenvalue weighted by molar-refractivity contribution is -0.138. The highest BCUT2D eigenvalue weighted by atomic mass is 35.5. The summed E-state index contributed by atoms with van der Waals surface area (Å²) >= 11 is 7.27. The Hall–Kier alpha value is -0.740. The molecule has 1 aliphatic carbocycles. The summed E-state index contributed by atoms with van der Waals surface area (Å²) in [5.41, 5.74) is 0.579.